The molecule has 2 heterocycles. The van der Waals surface area contributed by atoms with E-state index in [9.17, 15) is 9.59 Å². The Labute approximate surface area is 205 Å². The van der Waals surface area contributed by atoms with Gasteiger partial charge < -0.3 is 5.32 Å². The molecule has 3 aromatic rings. The van der Waals surface area contributed by atoms with Crippen LogP contribution in [0.2, 0.25) is 0 Å². The Bertz CT molecular complexity index is 1090. The summed E-state index contributed by atoms with van der Waals surface area (Å²) in [6, 6.07) is 18.3. The van der Waals surface area contributed by atoms with E-state index >= 15 is 0 Å². The number of carbonyl (C=O) groups is 2. The molecule has 0 bridgehead atoms. The van der Waals surface area contributed by atoms with E-state index in [-0.39, 0.29) is 17.9 Å². The smallest absolute Gasteiger partial charge is 0.230 e. The summed E-state index contributed by atoms with van der Waals surface area (Å²) in [6.07, 6.45) is 3.19. The monoisotopic (exact) mass is 476 g/mol. The lowest BCUT2D eigenvalue weighted by atomic mass is 10.0. The van der Waals surface area contributed by atoms with Gasteiger partial charge in [0.25, 0.3) is 0 Å². The van der Waals surface area contributed by atoms with E-state index < -0.39 is 0 Å². The number of likely N-dealkylation sites (tertiary alicyclic amines) is 1. The topological polar surface area (TPSA) is 65.5 Å². The molecule has 7 heteroatoms. The Hall–Kier alpha value is -3.03. The molecular weight excluding hydrogens is 444 g/mol. The average molecular weight is 477 g/mol. The van der Waals surface area contributed by atoms with Gasteiger partial charge in [-0.2, -0.15) is 0 Å². The number of aryl methyl sites for hydroxylation is 2. The standard InChI is InChI=1S/C27H32N4O2S/c1-20-8-11-25(12-9-20)31(21(2)32)27-29-24(19-34-27)18-30-16-14-23(15-17-30)28-26(33)13-10-22-6-4-3-5-7-22/h3-9,11-12,19,23H,10,13-18H2,1-2H3,(H,28,33). The number of hydrogen-bond acceptors (Lipinski definition) is 5. The molecule has 0 atom stereocenters. The highest BCUT2D eigenvalue weighted by Gasteiger charge is 2.23. The van der Waals surface area contributed by atoms with Gasteiger partial charge in [-0.3, -0.25) is 19.4 Å². The van der Waals surface area contributed by atoms with E-state index in [2.05, 4.69) is 22.3 Å². The van der Waals surface area contributed by atoms with Crippen LogP contribution in [0, 0.1) is 6.92 Å². The third-order valence-corrected chi connectivity index (χ3v) is 7.03. The molecule has 1 saturated heterocycles. The molecule has 0 saturated carbocycles. The predicted octanol–water partition coefficient (Wildman–Crippen LogP) is 4.85. The second-order valence-electron chi connectivity index (χ2n) is 8.91. The first kappa shape index (κ1) is 24.1. The highest BCUT2D eigenvalue weighted by Crippen LogP contribution is 2.29. The first-order valence-corrected chi connectivity index (χ1v) is 12.7. The Morgan fingerprint density at radius 3 is 2.47 bits per heavy atom. The number of amides is 2. The minimum atomic E-state index is -0.0476. The van der Waals surface area contributed by atoms with Crippen molar-refractivity contribution in [1.29, 1.82) is 0 Å². The number of thiazole rings is 1. The molecule has 2 aromatic carbocycles. The molecule has 1 aliphatic heterocycles. The Balaban J connectivity index is 1.25. The van der Waals surface area contributed by atoms with Crippen molar-refractivity contribution in [3.8, 4) is 0 Å². The number of carbonyl (C=O) groups excluding carboxylic acids is 2. The zero-order valence-corrected chi connectivity index (χ0v) is 20.7. The Kier molecular flexibility index (Phi) is 8.08. The summed E-state index contributed by atoms with van der Waals surface area (Å²) in [5.41, 5.74) is 4.16. The van der Waals surface area contributed by atoms with Gasteiger partial charge in [0.2, 0.25) is 11.8 Å². The van der Waals surface area contributed by atoms with Crippen LogP contribution in [0.15, 0.2) is 60.0 Å². The minimum Gasteiger partial charge on any atom is -0.353 e. The largest absolute Gasteiger partial charge is 0.353 e. The molecule has 178 valence electrons. The van der Waals surface area contributed by atoms with Crippen LogP contribution in [-0.2, 0) is 22.6 Å². The third-order valence-electron chi connectivity index (χ3n) is 6.16. The van der Waals surface area contributed by atoms with Crippen molar-refractivity contribution in [3.05, 3.63) is 76.8 Å². The van der Waals surface area contributed by atoms with E-state index in [4.69, 9.17) is 4.98 Å². The molecule has 1 fully saturated rings. The number of rotatable bonds is 8. The Morgan fingerprint density at radius 2 is 1.79 bits per heavy atom. The molecule has 2 amide bonds. The van der Waals surface area contributed by atoms with Gasteiger partial charge >= 0.3 is 0 Å². The molecule has 0 spiro atoms. The zero-order chi connectivity index (χ0) is 23.9. The summed E-state index contributed by atoms with van der Waals surface area (Å²) in [5.74, 6) is 0.0837. The van der Waals surface area contributed by atoms with E-state index in [0.717, 1.165) is 55.8 Å². The van der Waals surface area contributed by atoms with Gasteiger partial charge in [-0.05, 0) is 43.9 Å². The van der Waals surface area contributed by atoms with Crippen LogP contribution in [0.4, 0.5) is 10.8 Å². The van der Waals surface area contributed by atoms with Crippen molar-refractivity contribution >= 4 is 34.0 Å². The molecule has 1 N–H and O–H groups in total. The van der Waals surface area contributed by atoms with Crippen LogP contribution < -0.4 is 10.2 Å². The van der Waals surface area contributed by atoms with Crippen molar-refractivity contribution in [2.45, 2.75) is 52.1 Å². The molecular formula is C27H32N4O2S. The highest BCUT2D eigenvalue weighted by molar-refractivity contribution is 7.14. The van der Waals surface area contributed by atoms with Crippen LogP contribution in [-0.4, -0.2) is 40.8 Å². The molecule has 0 radical (unpaired) electrons. The van der Waals surface area contributed by atoms with Crippen LogP contribution in [0.25, 0.3) is 0 Å². The van der Waals surface area contributed by atoms with Crippen molar-refractivity contribution in [2.24, 2.45) is 0 Å². The summed E-state index contributed by atoms with van der Waals surface area (Å²) >= 11 is 1.50. The fourth-order valence-electron chi connectivity index (χ4n) is 4.26. The van der Waals surface area contributed by atoms with Crippen molar-refractivity contribution in [3.63, 3.8) is 0 Å². The number of nitrogens with one attached hydrogen (secondary N) is 1. The SMILES string of the molecule is CC(=O)N(c1ccc(C)cc1)c1nc(CN2CCC(NC(=O)CCc3ccccc3)CC2)cs1. The maximum absolute atomic E-state index is 12.3. The fourth-order valence-corrected chi connectivity index (χ4v) is 5.14. The van der Waals surface area contributed by atoms with Crippen molar-refractivity contribution < 1.29 is 9.59 Å². The van der Waals surface area contributed by atoms with Gasteiger partial charge in [-0.15, -0.1) is 11.3 Å². The molecule has 6 nitrogen and oxygen atoms in total. The van der Waals surface area contributed by atoms with Gasteiger partial charge in [-0.1, -0.05) is 48.0 Å². The summed E-state index contributed by atoms with van der Waals surface area (Å²) < 4.78 is 0. The average Bonchev–Trinajstić information content (AvgIpc) is 3.28. The first-order valence-electron chi connectivity index (χ1n) is 11.9. The normalized spacial score (nSPS) is 14.6. The van der Waals surface area contributed by atoms with E-state index in [0.29, 0.717) is 11.6 Å². The maximum atomic E-state index is 12.3. The number of benzene rings is 2. The van der Waals surface area contributed by atoms with Gasteiger partial charge in [0, 0.05) is 44.4 Å². The summed E-state index contributed by atoms with van der Waals surface area (Å²) in [7, 11) is 0. The number of anilines is 2. The molecule has 1 aromatic heterocycles. The van der Waals surface area contributed by atoms with E-state index in [1.54, 1.807) is 11.8 Å². The van der Waals surface area contributed by atoms with Crippen molar-refractivity contribution in [2.75, 3.05) is 18.0 Å². The predicted molar refractivity (Wildman–Crippen MR) is 137 cm³/mol. The fraction of sp³-hybridized carbons (Fsp3) is 0.370. The van der Waals surface area contributed by atoms with E-state index in [1.165, 1.54) is 16.9 Å². The molecule has 0 unspecified atom stereocenters. The Morgan fingerprint density at radius 1 is 1.09 bits per heavy atom. The third kappa shape index (κ3) is 6.52. The lowest BCUT2D eigenvalue weighted by Crippen LogP contribution is -2.44. The van der Waals surface area contributed by atoms with Gasteiger partial charge in [0.05, 0.1) is 11.4 Å². The van der Waals surface area contributed by atoms with Crippen molar-refractivity contribution in [1.82, 2.24) is 15.2 Å². The van der Waals surface area contributed by atoms with Gasteiger partial charge in [0.15, 0.2) is 5.13 Å². The van der Waals surface area contributed by atoms with E-state index in [1.807, 2.05) is 54.8 Å². The van der Waals surface area contributed by atoms with Crippen LogP contribution in [0.3, 0.4) is 0 Å². The van der Waals surface area contributed by atoms with Crippen LogP contribution in [0.1, 0.15) is 43.0 Å². The van der Waals surface area contributed by atoms with Gasteiger partial charge in [-0.25, -0.2) is 4.98 Å². The molecule has 1 aliphatic rings. The van der Waals surface area contributed by atoms with Crippen LogP contribution in [0.5, 0.6) is 0 Å². The summed E-state index contributed by atoms with van der Waals surface area (Å²) in [4.78, 5) is 33.5. The number of hydrogen-bond donors (Lipinski definition) is 1. The lowest BCUT2D eigenvalue weighted by molar-refractivity contribution is -0.122. The van der Waals surface area contributed by atoms with Gasteiger partial charge in [0.1, 0.15) is 0 Å². The van der Waals surface area contributed by atoms with Crippen LogP contribution >= 0.6 is 11.3 Å². The second-order valence-corrected chi connectivity index (χ2v) is 9.75. The maximum Gasteiger partial charge on any atom is 0.230 e. The lowest BCUT2D eigenvalue weighted by Gasteiger charge is -2.32. The highest BCUT2D eigenvalue weighted by atomic mass is 32.1. The first-order chi connectivity index (χ1) is 16.5. The summed E-state index contributed by atoms with van der Waals surface area (Å²) in [6.45, 7) is 6.20. The number of piperidine rings is 1. The molecule has 0 aliphatic carbocycles. The molecule has 34 heavy (non-hydrogen) atoms. The molecule has 4 rings (SSSR count). The number of nitrogens with zero attached hydrogens (tertiary/aromatic N) is 3. The quantitative estimate of drug-likeness (QED) is 0.505. The summed E-state index contributed by atoms with van der Waals surface area (Å²) in [5, 5.41) is 5.94. The zero-order valence-electron chi connectivity index (χ0n) is 19.9. The second kappa shape index (κ2) is 11.4. The minimum absolute atomic E-state index is 0.0476. The number of aromatic nitrogens is 1.